The van der Waals surface area contributed by atoms with Gasteiger partial charge in [-0.25, -0.2) is 8.42 Å². The van der Waals surface area contributed by atoms with Crippen LogP contribution < -0.4 is 11.3 Å². The molecule has 2 heterocycles. The summed E-state index contributed by atoms with van der Waals surface area (Å²) in [6, 6.07) is 1.39. The number of hydrogen-bond donors (Lipinski definition) is 2. The molecule has 1 fully saturated rings. The van der Waals surface area contributed by atoms with Gasteiger partial charge in [0.15, 0.2) is 0 Å². The van der Waals surface area contributed by atoms with E-state index in [1.807, 2.05) is 6.92 Å². The molecule has 0 aromatic carbocycles. The van der Waals surface area contributed by atoms with Gasteiger partial charge in [-0.1, -0.05) is 6.92 Å². The maximum Gasteiger partial charge on any atom is 0.247 e. The minimum Gasteiger partial charge on any atom is -0.378 e. The van der Waals surface area contributed by atoms with E-state index in [0.717, 1.165) is 0 Å². The van der Waals surface area contributed by atoms with Crippen LogP contribution in [-0.2, 0) is 14.8 Å². The van der Waals surface area contributed by atoms with Gasteiger partial charge in [0, 0.05) is 25.0 Å². The summed E-state index contributed by atoms with van der Waals surface area (Å²) < 4.78 is 32.1. The van der Waals surface area contributed by atoms with Gasteiger partial charge in [-0.15, -0.1) is 0 Å². The molecular formula is C11H18N4O3S. The Morgan fingerprint density at radius 2 is 2.42 bits per heavy atom. The summed E-state index contributed by atoms with van der Waals surface area (Å²) in [7, 11) is -3.62. The molecule has 19 heavy (non-hydrogen) atoms. The summed E-state index contributed by atoms with van der Waals surface area (Å²) in [5.74, 6) is 5.36. The fourth-order valence-corrected chi connectivity index (χ4v) is 3.88. The van der Waals surface area contributed by atoms with Gasteiger partial charge in [-0.2, -0.15) is 4.31 Å². The summed E-state index contributed by atoms with van der Waals surface area (Å²) in [5, 5.41) is 0. The molecule has 0 spiro atoms. The maximum atomic E-state index is 12.7. The van der Waals surface area contributed by atoms with Crippen LogP contribution in [0.2, 0.25) is 0 Å². The average Bonchev–Trinajstić information content (AvgIpc) is 2.47. The normalized spacial score (nSPS) is 21.3. The number of hydrazine groups is 1. The monoisotopic (exact) mass is 286 g/mol. The van der Waals surface area contributed by atoms with Gasteiger partial charge in [0.1, 0.15) is 4.90 Å². The van der Waals surface area contributed by atoms with Gasteiger partial charge < -0.3 is 10.2 Å². The van der Waals surface area contributed by atoms with E-state index in [4.69, 9.17) is 10.6 Å². The van der Waals surface area contributed by atoms with Crippen molar-refractivity contribution in [2.45, 2.75) is 24.3 Å². The number of ether oxygens (including phenoxy) is 1. The minimum absolute atomic E-state index is 0.0952. The molecule has 7 nitrogen and oxygen atoms in total. The standard InChI is InChI=1S/C11H18N4O3S/c1-2-9-8-18-6-5-15(9)19(16,17)11-7-13-4-3-10(11)14-12/h3-4,7,9H,2,5-6,8,12H2,1H3,(H,13,14). The first-order chi connectivity index (χ1) is 9.11. The fourth-order valence-electron chi connectivity index (χ4n) is 2.11. The first-order valence-electron chi connectivity index (χ1n) is 6.11. The second-order valence-electron chi connectivity index (χ2n) is 4.27. The maximum absolute atomic E-state index is 12.7. The second-order valence-corrected chi connectivity index (χ2v) is 6.13. The van der Waals surface area contributed by atoms with Gasteiger partial charge in [-0.05, 0) is 12.5 Å². The van der Waals surface area contributed by atoms with Gasteiger partial charge in [0.05, 0.1) is 18.9 Å². The van der Waals surface area contributed by atoms with E-state index >= 15 is 0 Å². The Labute approximate surface area is 112 Å². The summed E-state index contributed by atoms with van der Waals surface area (Å²) in [5.41, 5.74) is 2.74. The van der Waals surface area contributed by atoms with Crippen LogP contribution in [-0.4, -0.2) is 43.5 Å². The lowest BCUT2D eigenvalue weighted by Crippen LogP contribution is -2.48. The van der Waals surface area contributed by atoms with Gasteiger partial charge in [0.25, 0.3) is 0 Å². The number of nitrogens with one attached hydrogen (secondary N) is 1. The number of sulfonamides is 1. The number of aromatic nitrogens is 1. The topological polar surface area (TPSA) is 97.5 Å². The summed E-state index contributed by atoms with van der Waals surface area (Å²) in [4.78, 5) is 3.97. The van der Waals surface area contributed by atoms with Crippen LogP contribution >= 0.6 is 0 Å². The predicted octanol–water partition coefficient (Wildman–Crippen LogP) is 0.167. The molecule has 1 atom stereocenters. The van der Waals surface area contributed by atoms with Crippen molar-refractivity contribution in [3.8, 4) is 0 Å². The van der Waals surface area contributed by atoms with E-state index < -0.39 is 10.0 Å². The number of anilines is 1. The largest absolute Gasteiger partial charge is 0.378 e. The van der Waals surface area contributed by atoms with Crippen LogP contribution in [0, 0.1) is 0 Å². The zero-order valence-electron chi connectivity index (χ0n) is 10.7. The highest BCUT2D eigenvalue weighted by atomic mass is 32.2. The van der Waals surface area contributed by atoms with E-state index in [2.05, 4.69) is 10.4 Å². The molecule has 0 saturated carbocycles. The molecule has 1 aliphatic rings. The van der Waals surface area contributed by atoms with Crippen molar-refractivity contribution < 1.29 is 13.2 Å². The number of rotatable bonds is 4. The Bertz CT molecular complexity index is 534. The van der Waals surface area contributed by atoms with Crippen LogP contribution in [0.3, 0.4) is 0 Å². The van der Waals surface area contributed by atoms with Crippen LogP contribution in [0.1, 0.15) is 13.3 Å². The zero-order chi connectivity index (χ0) is 13.9. The molecule has 1 unspecified atom stereocenters. The molecule has 1 saturated heterocycles. The number of nitrogens with two attached hydrogens (primary N) is 1. The number of pyridine rings is 1. The van der Waals surface area contributed by atoms with Crippen molar-refractivity contribution >= 4 is 15.7 Å². The third-order valence-corrected chi connectivity index (χ3v) is 5.15. The van der Waals surface area contributed by atoms with Crippen LogP contribution in [0.5, 0.6) is 0 Å². The SMILES string of the molecule is CCC1COCCN1S(=O)(=O)c1cnccc1NN. The summed E-state index contributed by atoms with van der Waals surface area (Å²) >= 11 is 0. The van der Waals surface area contributed by atoms with Crippen molar-refractivity contribution in [1.82, 2.24) is 9.29 Å². The second kappa shape index (κ2) is 5.83. The van der Waals surface area contributed by atoms with E-state index in [1.165, 1.54) is 22.8 Å². The molecular weight excluding hydrogens is 268 g/mol. The van der Waals surface area contributed by atoms with E-state index in [-0.39, 0.29) is 10.9 Å². The average molecular weight is 286 g/mol. The first kappa shape index (κ1) is 14.2. The molecule has 0 aliphatic carbocycles. The molecule has 8 heteroatoms. The van der Waals surface area contributed by atoms with Crippen molar-refractivity contribution in [1.29, 1.82) is 0 Å². The number of hydrogen-bond acceptors (Lipinski definition) is 6. The third-order valence-electron chi connectivity index (χ3n) is 3.17. The number of morpholine rings is 1. The summed E-state index contributed by atoms with van der Waals surface area (Å²) in [6.45, 7) is 3.11. The van der Waals surface area contributed by atoms with Crippen LogP contribution in [0.15, 0.2) is 23.4 Å². The Hall–Kier alpha value is -1.22. The van der Waals surface area contributed by atoms with Crippen LogP contribution in [0.4, 0.5) is 5.69 Å². The highest BCUT2D eigenvalue weighted by Crippen LogP contribution is 2.26. The molecule has 106 valence electrons. The quantitative estimate of drug-likeness (QED) is 0.605. The molecule has 2 rings (SSSR count). The van der Waals surface area contributed by atoms with E-state index in [0.29, 0.717) is 31.9 Å². The Kier molecular flexibility index (Phi) is 4.35. The zero-order valence-corrected chi connectivity index (χ0v) is 11.6. The molecule has 0 bridgehead atoms. The Morgan fingerprint density at radius 1 is 1.63 bits per heavy atom. The van der Waals surface area contributed by atoms with Gasteiger partial charge in [0.2, 0.25) is 10.0 Å². The molecule has 0 radical (unpaired) electrons. The van der Waals surface area contributed by atoms with Crippen molar-refractivity contribution in [2.75, 3.05) is 25.2 Å². The highest BCUT2D eigenvalue weighted by Gasteiger charge is 2.34. The van der Waals surface area contributed by atoms with Crippen molar-refractivity contribution in [2.24, 2.45) is 5.84 Å². The smallest absolute Gasteiger partial charge is 0.247 e. The molecule has 3 N–H and O–H groups in total. The lowest BCUT2D eigenvalue weighted by atomic mass is 10.2. The van der Waals surface area contributed by atoms with E-state index in [9.17, 15) is 8.42 Å². The van der Waals surface area contributed by atoms with Gasteiger partial charge in [-0.3, -0.25) is 10.8 Å². The summed E-state index contributed by atoms with van der Waals surface area (Å²) in [6.07, 6.45) is 3.50. The molecule has 1 aromatic rings. The predicted molar refractivity (Wildman–Crippen MR) is 70.8 cm³/mol. The van der Waals surface area contributed by atoms with E-state index in [1.54, 1.807) is 0 Å². The Morgan fingerprint density at radius 3 is 3.11 bits per heavy atom. The lowest BCUT2D eigenvalue weighted by Gasteiger charge is -2.34. The first-order valence-corrected chi connectivity index (χ1v) is 7.55. The van der Waals surface area contributed by atoms with Gasteiger partial charge >= 0.3 is 0 Å². The number of nitrogen functional groups attached to an aromatic ring is 1. The molecule has 0 amide bonds. The van der Waals surface area contributed by atoms with Crippen LogP contribution in [0.25, 0.3) is 0 Å². The van der Waals surface area contributed by atoms with Crippen molar-refractivity contribution in [3.63, 3.8) is 0 Å². The molecule has 1 aromatic heterocycles. The molecule has 1 aliphatic heterocycles. The third kappa shape index (κ3) is 2.71. The highest BCUT2D eigenvalue weighted by molar-refractivity contribution is 7.89. The lowest BCUT2D eigenvalue weighted by molar-refractivity contribution is 0.0314. The van der Waals surface area contributed by atoms with Crippen molar-refractivity contribution in [3.05, 3.63) is 18.5 Å². The minimum atomic E-state index is -3.62. The Balaban J connectivity index is 2.40. The number of nitrogens with zero attached hydrogens (tertiary/aromatic N) is 2. The fraction of sp³-hybridized carbons (Fsp3) is 0.545.